The third-order valence-corrected chi connectivity index (χ3v) is 4.97. The van der Waals surface area contributed by atoms with Crippen LogP contribution in [0.1, 0.15) is 52.9 Å². The second-order valence-corrected chi connectivity index (χ2v) is 9.21. The molecule has 0 aliphatic carbocycles. The first-order valence-electron chi connectivity index (χ1n) is 9.30. The summed E-state index contributed by atoms with van der Waals surface area (Å²) in [5.74, 6) is 0. The lowest BCUT2D eigenvalue weighted by Crippen LogP contribution is -2.25. The molecule has 0 unspecified atom stereocenters. The Balaban J connectivity index is 2.30. The fourth-order valence-electron chi connectivity index (χ4n) is 3.71. The van der Waals surface area contributed by atoms with Crippen LogP contribution in [0.15, 0.2) is 48.5 Å². The van der Waals surface area contributed by atoms with Gasteiger partial charge in [0.15, 0.2) is 0 Å². The molecule has 0 aliphatic heterocycles. The third kappa shape index (κ3) is 2.56. The van der Waals surface area contributed by atoms with Crippen molar-refractivity contribution in [2.75, 3.05) is 0 Å². The molecule has 2 nitrogen and oxygen atoms in total. The van der Waals surface area contributed by atoms with E-state index in [9.17, 15) is 0 Å². The third-order valence-electron chi connectivity index (χ3n) is 4.97. The van der Waals surface area contributed by atoms with E-state index >= 15 is 0 Å². The summed E-state index contributed by atoms with van der Waals surface area (Å²) >= 11 is 0. The van der Waals surface area contributed by atoms with Crippen LogP contribution in [0.5, 0.6) is 0 Å². The van der Waals surface area contributed by atoms with Crippen molar-refractivity contribution in [3.8, 4) is 0 Å². The van der Waals surface area contributed by atoms with Crippen LogP contribution in [-0.4, -0.2) is 9.97 Å². The Bertz CT molecular complexity index is 1050. The molecule has 1 aromatic heterocycles. The highest BCUT2D eigenvalue weighted by atomic mass is 14.9. The Morgan fingerprint density at radius 1 is 0.500 bits per heavy atom. The van der Waals surface area contributed by atoms with Gasteiger partial charge < -0.3 is 0 Å². The van der Waals surface area contributed by atoms with Gasteiger partial charge >= 0.3 is 0 Å². The summed E-state index contributed by atoms with van der Waals surface area (Å²) in [5.41, 5.74) is 4.10. The lowest BCUT2D eigenvalue weighted by molar-refractivity contribution is 0.503. The van der Waals surface area contributed by atoms with Crippen molar-refractivity contribution in [3.63, 3.8) is 0 Å². The number of hydrogen-bond donors (Lipinski definition) is 0. The number of nitrogens with zero attached hydrogens (tertiary/aromatic N) is 2. The van der Waals surface area contributed by atoms with Crippen LogP contribution >= 0.6 is 0 Å². The zero-order valence-corrected chi connectivity index (χ0v) is 16.5. The molecule has 0 bridgehead atoms. The molecule has 0 saturated heterocycles. The number of rotatable bonds is 0. The van der Waals surface area contributed by atoms with Crippen molar-refractivity contribution in [1.29, 1.82) is 0 Å². The highest BCUT2D eigenvalue weighted by molar-refractivity contribution is 6.23. The molecule has 0 aliphatic rings. The first-order chi connectivity index (χ1) is 12.2. The molecule has 4 aromatic rings. The maximum absolute atomic E-state index is 5.23. The van der Waals surface area contributed by atoms with Gasteiger partial charge in [-0.1, -0.05) is 90.1 Å². The van der Waals surface area contributed by atoms with Crippen LogP contribution in [0.25, 0.3) is 32.6 Å². The minimum atomic E-state index is -0.0590. The van der Waals surface area contributed by atoms with Crippen LogP contribution < -0.4 is 0 Å². The number of fused-ring (bicyclic) bond motifs is 6. The van der Waals surface area contributed by atoms with Gasteiger partial charge in [0.2, 0.25) is 0 Å². The van der Waals surface area contributed by atoms with E-state index in [2.05, 4.69) is 90.1 Å². The van der Waals surface area contributed by atoms with E-state index in [4.69, 9.17) is 9.97 Å². The fourth-order valence-corrected chi connectivity index (χ4v) is 3.71. The summed E-state index contributed by atoms with van der Waals surface area (Å²) in [7, 11) is 0. The lowest BCUT2D eigenvalue weighted by atomic mass is 9.81. The summed E-state index contributed by atoms with van der Waals surface area (Å²) in [4.78, 5) is 10.5. The first-order valence-corrected chi connectivity index (χ1v) is 9.30. The van der Waals surface area contributed by atoms with Crippen LogP contribution in [0.3, 0.4) is 0 Å². The van der Waals surface area contributed by atoms with Gasteiger partial charge in [-0.25, -0.2) is 9.97 Å². The Morgan fingerprint density at radius 3 is 1.12 bits per heavy atom. The Morgan fingerprint density at radius 2 is 0.808 bits per heavy atom. The zero-order valence-electron chi connectivity index (χ0n) is 16.5. The highest BCUT2D eigenvalue weighted by Gasteiger charge is 2.29. The first kappa shape index (κ1) is 17.0. The van der Waals surface area contributed by atoms with E-state index in [-0.39, 0.29) is 10.8 Å². The minimum absolute atomic E-state index is 0.0590. The fraction of sp³-hybridized carbons (Fsp3) is 0.333. The van der Waals surface area contributed by atoms with Gasteiger partial charge in [-0.2, -0.15) is 0 Å². The molecule has 4 rings (SSSR count). The predicted octanol–water partition coefficient (Wildman–Crippen LogP) is 6.53. The Kier molecular flexibility index (Phi) is 3.59. The average molecular weight is 342 g/mol. The van der Waals surface area contributed by atoms with E-state index < -0.39 is 0 Å². The van der Waals surface area contributed by atoms with E-state index in [1.165, 1.54) is 21.5 Å². The van der Waals surface area contributed by atoms with Gasteiger partial charge in [0.05, 0.1) is 22.4 Å². The Labute approximate surface area is 155 Å². The molecule has 1 heterocycles. The van der Waals surface area contributed by atoms with E-state index in [0.29, 0.717) is 0 Å². The summed E-state index contributed by atoms with van der Waals surface area (Å²) in [6.45, 7) is 13.3. The van der Waals surface area contributed by atoms with Crippen molar-refractivity contribution in [1.82, 2.24) is 9.97 Å². The Hall–Kier alpha value is -2.48. The smallest absolute Gasteiger partial charge is 0.0975 e. The van der Waals surface area contributed by atoms with Crippen molar-refractivity contribution < 1.29 is 0 Å². The van der Waals surface area contributed by atoms with E-state index in [1.54, 1.807) is 0 Å². The van der Waals surface area contributed by atoms with Crippen LogP contribution in [0.4, 0.5) is 0 Å². The summed E-state index contributed by atoms with van der Waals surface area (Å²) in [5, 5.41) is 4.85. The highest BCUT2D eigenvalue weighted by Crippen LogP contribution is 2.38. The van der Waals surface area contributed by atoms with Crippen molar-refractivity contribution in [2.45, 2.75) is 52.4 Å². The standard InChI is InChI=1S/C24H26N2/c1-23(2,3)21-22(24(4,5)6)26-20-18-14-10-8-12-16(18)15-11-7-9-13-17(15)19(20)25-21/h7-14H,1-6H3. The number of benzene rings is 3. The van der Waals surface area contributed by atoms with Gasteiger partial charge in [0, 0.05) is 21.6 Å². The van der Waals surface area contributed by atoms with Gasteiger partial charge in [-0.05, 0) is 10.8 Å². The molecule has 0 amide bonds. The molecule has 0 fully saturated rings. The second kappa shape index (κ2) is 5.51. The quantitative estimate of drug-likeness (QED) is 0.339. The molecule has 0 atom stereocenters. The summed E-state index contributed by atoms with van der Waals surface area (Å²) < 4.78 is 0. The number of aromatic nitrogens is 2. The molecule has 0 radical (unpaired) electrons. The second-order valence-electron chi connectivity index (χ2n) is 9.21. The molecule has 0 N–H and O–H groups in total. The topological polar surface area (TPSA) is 25.8 Å². The summed E-state index contributed by atoms with van der Waals surface area (Å²) in [6.07, 6.45) is 0. The molecule has 0 spiro atoms. The average Bonchev–Trinajstić information content (AvgIpc) is 2.59. The molecule has 2 heteroatoms. The van der Waals surface area contributed by atoms with Crippen molar-refractivity contribution in [2.24, 2.45) is 0 Å². The molecule has 3 aromatic carbocycles. The summed E-state index contributed by atoms with van der Waals surface area (Å²) in [6, 6.07) is 17.1. The van der Waals surface area contributed by atoms with Crippen molar-refractivity contribution in [3.05, 3.63) is 59.9 Å². The number of hydrogen-bond acceptors (Lipinski definition) is 2. The maximum atomic E-state index is 5.23. The van der Waals surface area contributed by atoms with Crippen LogP contribution in [0.2, 0.25) is 0 Å². The van der Waals surface area contributed by atoms with Crippen LogP contribution in [-0.2, 0) is 10.8 Å². The molecule has 26 heavy (non-hydrogen) atoms. The molecule has 0 saturated carbocycles. The lowest BCUT2D eigenvalue weighted by Gasteiger charge is -2.28. The van der Waals surface area contributed by atoms with Gasteiger partial charge in [0.25, 0.3) is 0 Å². The van der Waals surface area contributed by atoms with Gasteiger partial charge in [-0.15, -0.1) is 0 Å². The van der Waals surface area contributed by atoms with Crippen molar-refractivity contribution >= 4 is 32.6 Å². The largest absolute Gasteiger partial charge is 0.248 e. The molecular formula is C24H26N2. The molecular weight excluding hydrogens is 316 g/mol. The van der Waals surface area contributed by atoms with E-state index in [1.807, 2.05) is 0 Å². The SMILES string of the molecule is CC(C)(C)c1nc2c3ccccc3c3ccccc3c2nc1C(C)(C)C. The normalized spacial score (nSPS) is 13.0. The predicted molar refractivity (Wildman–Crippen MR) is 112 cm³/mol. The van der Waals surface area contributed by atoms with Crippen LogP contribution in [0, 0.1) is 0 Å². The monoisotopic (exact) mass is 342 g/mol. The zero-order chi connectivity index (χ0) is 18.7. The molecule has 132 valence electrons. The van der Waals surface area contributed by atoms with Gasteiger partial charge in [-0.3, -0.25) is 0 Å². The maximum Gasteiger partial charge on any atom is 0.0975 e. The minimum Gasteiger partial charge on any atom is -0.248 e. The van der Waals surface area contributed by atoms with E-state index in [0.717, 1.165) is 22.4 Å². The van der Waals surface area contributed by atoms with Gasteiger partial charge in [0.1, 0.15) is 0 Å².